The summed E-state index contributed by atoms with van der Waals surface area (Å²) >= 11 is 0. The van der Waals surface area contributed by atoms with Gasteiger partial charge in [0.1, 0.15) is 11.6 Å². The molecule has 1 aliphatic heterocycles. The van der Waals surface area contributed by atoms with Gasteiger partial charge in [-0.1, -0.05) is 12.1 Å². The van der Waals surface area contributed by atoms with Crippen LogP contribution < -0.4 is 5.32 Å². The topological polar surface area (TPSA) is 50.2 Å². The second kappa shape index (κ2) is 7.62. The van der Waals surface area contributed by atoms with Crippen LogP contribution in [0.5, 0.6) is 0 Å². The zero-order valence-corrected chi connectivity index (χ0v) is 15.5. The number of aromatic nitrogens is 2. The summed E-state index contributed by atoms with van der Waals surface area (Å²) < 4.78 is 31.2. The lowest BCUT2D eigenvalue weighted by Gasteiger charge is -2.31. The highest BCUT2D eigenvalue weighted by molar-refractivity contribution is 5.85. The lowest BCUT2D eigenvalue weighted by atomic mass is 9.97. The van der Waals surface area contributed by atoms with Crippen LogP contribution in [0.25, 0.3) is 22.0 Å². The minimum atomic E-state index is -0.615. The van der Waals surface area contributed by atoms with E-state index in [1.54, 1.807) is 10.9 Å². The first-order chi connectivity index (χ1) is 12.6. The van der Waals surface area contributed by atoms with Gasteiger partial charge < -0.3 is 10.2 Å². The number of aryl methyl sites for hydroxylation is 1. The fourth-order valence-corrected chi connectivity index (χ4v) is 3.47. The summed E-state index contributed by atoms with van der Waals surface area (Å²) in [5.41, 5.74) is 2.05. The molecule has 8 heteroatoms. The monoisotopic (exact) mass is 392 g/mol. The van der Waals surface area contributed by atoms with Crippen LogP contribution in [0.3, 0.4) is 0 Å². The average molecular weight is 393 g/mol. The van der Waals surface area contributed by atoms with E-state index in [-0.39, 0.29) is 24.5 Å². The third-order valence-corrected chi connectivity index (χ3v) is 4.87. The van der Waals surface area contributed by atoms with Crippen molar-refractivity contribution in [3.05, 3.63) is 53.7 Å². The van der Waals surface area contributed by atoms with Gasteiger partial charge in [0.05, 0.1) is 17.8 Å². The summed E-state index contributed by atoms with van der Waals surface area (Å²) in [5.74, 6) is -1.23. The van der Waals surface area contributed by atoms with Crippen LogP contribution in [0.1, 0.15) is 11.6 Å². The zero-order valence-electron chi connectivity index (χ0n) is 14.7. The quantitative estimate of drug-likeness (QED) is 0.697. The molecule has 1 atom stereocenters. The number of carbonyl (C=O) groups is 1. The van der Waals surface area contributed by atoms with Crippen molar-refractivity contribution in [2.75, 3.05) is 19.6 Å². The van der Waals surface area contributed by atoms with Crippen LogP contribution in [0.4, 0.5) is 8.78 Å². The highest BCUT2D eigenvalue weighted by Crippen LogP contribution is 2.30. The maximum atomic E-state index is 14.7. The molecule has 1 aromatic heterocycles. The Kier molecular flexibility index (Phi) is 5.43. The van der Waals surface area contributed by atoms with E-state index in [0.717, 1.165) is 16.5 Å². The molecule has 0 spiro atoms. The molecule has 0 saturated carbocycles. The Morgan fingerprint density at radius 2 is 1.93 bits per heavy atom. The summed E-state index contributed by atoms with van der Waals surface area (Å²) in [6, 6.07) is 7.71. The molecule has 1 amide bonds. The van der Waals surface area contributed by atoms with Crippen LogP contribution in [0, 0.1) is 11.6 Å². The molecule has 3 aromatic rings. The molecule has 0 aliphatic carbocycles. The van der Waals surface area contributed by atoms with Crippen molar-refractivity contribution < 1.29 is 13.6 Å². The average Bonchev–Trinajstić information content (AvgIpc) is 3.02. The Balaban J connectivity index is 0.00000210. The maximum Gasteiger partial charge on any atom is 0.209 e. The third-order valence-electron chi connectivity index (χ3n) is 4.87. The molecule has 2 heterocycles. The smallest absolute Gasteiger partial charge is 0.209 e. The van der Waals surface area contributed by atoms with Gasteiger partial charge >= 0.3 is 0 Å². The standard InChI is InChI=1S/C19H18F2N4O.ClH/c1-24-18-8-12(2-3-13(18)9-23-24)14-6-15(20)19(16(21)7-14)17-10-25(11-26)5-4-22-17;/h2-3,6-9,11,17,22H,4-5,10H2,1H3;1H. The number of amides is 1. The second-order valence-electron chi connectivity index (χ2n) is 6.50. The van der Waals surface area contributed by atoms with Crippen LogP contribution in [-0.4, -0.2) is 40.7 Å². The van der Waals surface area contributed by atoms with E-state index in [1.165, 1.54) is 17.0 Å². The van der Waals surface area contributed by atoms with Gasteiger partial charge in [0.15, 0.2) is 0 Å². The lowest BCUT2D eigenvalue weighted by Crippen LogP contribution is -2.45. The predicted octanol–water partition coefficient (Wildman–Crippen LogP) is 3.04. The summed E-state index contributed by atoms with van der Waals surface area (Å²) in [6.45, 7) is 1.28. The number of hydrogen-bond acceptors (Lipinski definition) is 3. The molecule has 1 saturated heterocycles. The second-order valence-corrected chi connectivity index (χ2v) is 6.50. The number of carbonyl (C=O) groups excluding carboxylic acids is 1. The van der Waals surface area contributed by atoms with E-state index in [1.807, 2.05) is 25.2 Å². The molecule has 1 N–H and O–H groups in total. The van der Waals surface area contributed by atoms with Gasteiger partial charge in [0.25, 0.3) is 0 Å². The number of benzene rings is 2. The zero-order chi connectivity index (χ0) is 18.3. The highest BCUT2D eigenvalue weighted by Gasteiger charge is 2.26. The van der Waals surface area contributed by atoms with Crippen LogP contribution >= 0.6 is 12.4 Å². The first-order valence-corrected chi connectivity index (χ1v) is 8.40. The number of rotatable bonds is 3. The fraction of sp³-hybridized carbons (Fsp3) is 0.263. The molecule has 1 aliphatic rings. The first kappa shape index (κ1) is 19.3. The lowest BCUT2D eigenvalue weighted by molar-refractivity contribution is -0.119. The van der Waals surface area contributed by atoms with Crippen molar-refractivity contribution in [3.8, 4) is 11.1 Å². The fourth-order valence-electron chi connectivity index (χ4n) is 3.47. The number of nitrogens with zero attached hydrogens (tertiary/aromatic N) is 3. The van der Waals surface area contributed by atoms with Gasteiger partial charge in [-0.3, -0.25) is 9.48 Å². The molecule has 142 valence electrons. The summed E-state index contributed by atoms with van der Waals surface area (Å²) in [6.07, 6.45) is 2.46. The van der Waals surface area contributed by atoms with Crippen LogP contribution in [0.15, 0.2) is 36.5 Å². The highest BCUT2D eigenvalue weighted by atomic mass is 35.5. The molecule has 4 rings (SSSR count). The maximum absolute atomic E-state index is 14.7. The van der Waals surface area contributed by atoms with Crippen molar-refractivity contribution in [1.29, 1.82) is 0 Å². The number of fused-ring (bicyclic) bond motifs is 1. The number of halogens is 3. The van der Waals surface area contributed by atoms with Crippen molar-refractivity contribution in [1.82, 2.24) is 20.0 Å². The number of piperazine rings is 1. The van der Waals surface area contributed by atoms with Crippen LogP contribution in [0.2, 0.25) is 0 Å². The Labute approximate surface area is 161 Å². The molecule has 0 radical (unpaired) electrons. The molecule has 5 nitrogen and oxygen atoms in total. The largest absolute Gasteiger partial charge is 0.342 e. The molecule has 1 unspecified atom stereocenters. The van der Waals surface area contributed by atoms with E-state index in [2.05, 4.69) is 10.4 Å². The minimum absolute atomic E-state index is 0. The van der Waals surface area contributed by atoms with E-state index in [9.17, 15) is 13.6 Å². The Morgan fingerprint density at radius 1 is 1.19 bits per heavy atom. The molecule has 1 fully saturated rings. The van der Waals surface area contributed by atoms with E-state index in [0.29, 0.717) is 25.1 Å². The van der Waals surface area contributed by atoms with Gasteiger partial charge in [-0.15, -0.1) is 12.4 Å². The molecule has 0 bridgehead atoms. The van der Waals surface area contributed by atoms with Gasteiger partial charge in [-0.05, 0) is 29.3 Å². The Bertz CT molecular complexity index is 968. The third kappa shape index (κ3) is 3.52. The molecular weight excluding hydrogens is 374 g/mol. The summed E-state index contributed by atoms with van der Waals surface area (Å²) in [5, 5.41) is 8.23. The van der Waals surface area contributed by atoms with Crippen molar-refractivity contribution >= 4 is 29.7 Å². The minimum Gasteiger partial charge on any atom is -0.342 e. The predicted molar refractivity (Wildman–Crippen MR) is 102 cm³/mol. The Morgan fingerprint density at radius 3 is 2.63 bits per heavy atom. The van der Waals surface area contributed by atoms with Gasteiger partial charge in [-0.2, -0.15) is 5.10 Å². The molecular formula is C19H19ClF2N4O. The number of hydrogen-bond donors (Lipinski definition) is 1. The van der Waals surface area contributed by atoms with E-state index < -0.39 is 17.7 Å². The molecule has 27 heavy (non-hydrogen) atoms. The van der Waals surface area contributed by atoms with E-state index in [4.69, 9.17) is 0 Å². The normalized spacial score (nSPS) is 17.0. The van der Waals surface area contributed by atoms with Gasteiger partial charge in [0, 0.05) is 37.6 Å². The van der Waals surface area contributed by atoms with Gasteiger partial charge in [0.2, 0.25) is 6.41 Å². The van der Waals surface area contributed by atoms with Crippen molar-refractivity contribution in [2.45, 2.75) is 6.04 Å². The van der Waals surface area contributed by atoms with Crippen LogP contribution in [-0.2, 0) is 11.8 Å². The van der Waals surface area contributed by atoms with E-state index >= 15 is 0 Å². The summed E-state index contributed by atoms with van der Waals surface area (Å²) in [7, 11) is 1.82. The first-order valence-electron chi connectivity index (χ1n) is 8.40. The molecule has 2 aromatic carbocycles. The summed E-state index contributed by atoms with van der Waals surface area (Å²) in [4.78, 5) is 12.5. The number of nitrogens with one attached hydrogen (secondary N) is 1. The SMILES string of the molecule is Cl.Cn1ncc2ccc(-c3cc(F)c(C4CN(C=O)CCN4)c(F)c3)cc21. The van der Waals surface area contributed by atoms with Gasteiger partial charge in [-0.25, -0.2) is 8.78 Å². The Hall–Kier alpha value is -2.51. The van der Waals surface area contributed by atoms with Crippen molar-refractivity contribution in [3.63, 3.8) is 0 Å². The van der Waals surface area contributed by atoms with Crippen molar-refractivity contribution in [2.24, 2.45) is 7.05 Å².